The highest BCUT2D eigenvalue weighted by molar-refractivity contribution is 5.39. The lowest BCUT2D eigenvalue weighted by Crippen LogP contribution is -2.18. The Hall–Kier alpha value is -1.75. The lowest BCUT2D eigenvalue weighted by molar-refractivity contribution is 0.181. The predicted molar refractivity (Wildman–Crippen MR) is 54.7 cm³/mol. The van der Waals surface area contributed by atoms with Crippen molar-refractivity contribution in [3.8, 4) is 0 Å². The van der Waals surface area contributed by atoms with E-state index >= 15 is 0 Å². The second-order valence-electron chi connectivity index (χ2n) is 3.32. The molecule has 2 heterocycles. The van der Waals surface area contributed by atoms with Gasteiger partial charge < -0.3 is 4.74 Å². The molecule has 0 radical (unpaired) electrons. The summed E-state index contributed by atoms with van der Waals surface area (Å²) in [7, 11) is 1.57. The molecule has 0 bridgehead atoms. The summed E-state index contributed by atoms with van der Waals surface area (Å²) in [5.74, 6) is 0. The average Bonchev–Trinajstić information content (AvgIpc) is 2.17. The third-order valence-corrected chi connectivity index (χ3v) is 2.00. The molecule has 0 aliphatic carbocycles. The number of aryl methyl sites for hydroxylation is 1. The van der Waals surface area contributed by atoms with Crippen LogP contribution in [0, 0.1) is 6.92 Å². The molecule has 0 unspecified atom stereocenters. The Balaban J connectivity index is 2.68. The molecule has 0 atom stereocenters. The first-order valence-corrected chi connectivity index (χ1v) is 4.55. The first-order chi connectivity index (χ1) is 7.20. The van der Waals surface area contributed by atoms with Crippen molar-refractivity contribution in [1.29, 1.82) is 0 Å². The molecule has 5 nitrogen and oxygen atoms in total. The van der Waals surface area contributed by atoms with Gasteiger partial charge in [0.25, 0.3) is 5.56 Å². The van der Waals surface area contributed by atoms with Crippen molar-refractivity contribution in [3.05, 3.63) is 39.9 Å². The molecular formula is C10H11N3O2. The summed E-state index contributed by atoms with van der Waals surface area (Å²) >= 11 is 0. The third-order valence-electron chi connectivity index (χ3n) is 2.00. The minimum absolute atomic E-state index is 0.188. The van der Waals surface area contributed by atoms with E-state index in [1.54, 1.807) is 13.3 Å². The summed E-state index contributed by atoms with van der Waals surface area (Å²) < 4.78 is 6.20. The quantitative estimate of drug-likeness (QED) is 0.718. The summed E-state index contributed by atoms with van der Waals surface area (Å²) in [5, 5.41) is 3.98. The lowest BCUT2D eigenvalue weighted by Gasteiger charge is -2.02. The van der Waals surface area contributed by atoms with Gasteiger partial charge in [-0.25, -0.2) is 4.98 Å². The molecule has 2 aromatic heterocycles. The van der Waals surface area contributed by atoms with Crippen LogP contribution in [0.2, 0.25) is 0 Å². The maximum absolute atomic E-state index is 11.6. The first-order valence-electron chi connectivity index (χ1n) is 4.55. The van der Waals surface area contributed by atoms with Crippen molar-refractivity contribution in [2.75, 3.05) is 7.11 Å². The predicted octanol–water partition coefficient (Wildman–Crippen LogP) is 0.544. The molecule has 2 rings (SSSR count). The van der Waals surface area contributed by atoms with Crippen LogP contribution in [0.15, 0.2) is 23.1 Å². The zero-order valence-corrected chi connectivity index (χ0v) is 8.60. The van der Waals surface area contributed by atoms with E-state index < -0.39 is 0 Å². The van der Waals surface area contributed by atoms with Crippen LogP contribution in [-0.2, 0) is 11.3 Å². The normalized spacial score (nSPS) is 10.8. The van der Waals surface area contributed by atoms with Crippen molar-refractivity contribution in [3.63, 3.8) is 0 Å². The number of hydrogen-bond donors (Lipinski definition) is 0. The SMILES string of the molecule is COCc1cc(=O)n2ncc(C)cc2n1. The van der Waals surface area contributed by atoms with Gasteiger partial charge in [0.15, 0.2) is 5.65 Å². The van der Waals surface area contributed by atoms with Crippen molar-refractivity contribution in [1.82, 2.24) is 14.6 Å². The third kappa shape index (κ3) is 1.87. The summed E-state index contributed by atoms with van der Waals surface area (Å²) in [6.45, 7) is 2.24. The van der Waals surface area contributed by atoms with Crippen molar-refractivity contribution >= 4 is 5.65 Å². The Morgan fingerprint density at radius 2 is 2.27 bits per heavy atom. The molecule has 0 aliphatic rings. The van der Waals surface area contributed by atoms with E-state index in [4.69, 9.17) is 4.74 Å². The molecule has 0 fully saturated rings. The largest absolute Gasteiger partial charge is 0.378 e. The maximum Gasteiger partial charge on any atom is 0.274 e. The van der Waals surface area contributed by atoms with Gasteiger partial charge in [0.2, 0.25) is 0 Å². The van der Waals surface area contributed by atoms with Crippen LogP contribution in [0.1, 0.15) is 11.3 Å². The maximum atomic E-state index is 11.6. The average molecular weight is 205 g/mol. The Morgan fingerprint density at radius 3 is 3.00 bits per heavy atom. The Labute approximate surface area is 86.3 Å². The van der Waals surface area contributed by atoms with Crippen LogP contribution in [0.3, 0.4) is 0 Å². The zero-order chi connectivity index (χ0) is 10.8. The van der Waals surface area contributed by atoms with Crippen LogP contribution >= 0.6 is 0 Å². The number of aromatic nitrogens is 3. The molecule has 5 heteroatoms. The van der Waals surface area contributed by atoms with Crippen LogP contribution < -0.4 is 5.56 Å². The summed E-state index contributed by atoms with van der Waals surface area (Å²) in [5.41, 5.74) is 1.95. The van der Waals surface area contributed by atoms with E-state index in [0.717, 1.165) is 5.56 Å². The molecule has 0 aromatic carbocycles. The van der Waals surface area contributed by atoms with Gasteiger partial charge in [0.05, 0.1) is 18.5 Å². The first kappa shape index (κ1) is 9.79. The molecule has 0 amide bonds. The van der Waals surface area contributed by atoms with E-state index in [2.05, 4.69) is 10.1 Å². The summed E-state index contributed by atoms with van der Waals surface area (Å²) in [4.78, 5) is 15.9. The highest BCUT2D eigenvalue weighted by atomic mass is 16.5. The fourth-order valence-electron chi connectivity index (χ4n) is 1.36. The Kier molecular flexibility index (Phi) is 2.47. The topological polar surface area (TPSA) is 56.5 Å². The highest BCUT2D eigenvalue weighted by Crippen LogP contribution is 2.01. The number of methoxy groups -OCH3 is 1. The Bertz CT molecular complexity index is 548. The van der Waals surface area contributed by atoms with Crippen molar-refractivity contribution < 1.29 is 4.74 Å². The molecule has 0 aliphatic heterocycles. The molecule has 0 N–H and O–H groups in total. The number of ether oxygens (including phenoxy) is 1. The van der Waals surface area contributed by atoms with E-state index in [0.29, 0.717) is 17.9 Å². The van der Waals surface area contributed by atoms with Gasteiger partial charge in [0, 0.05) is 13.2 Å². The van der Waals surface area contributed by atoms with E-state index in [1.165, 1.54) is 10.6 Å². The van der Waals surface area contributed by atoms with E-state index in [9.17, 15) is 4.79 Å². The number of fused-ring (bicyclic) bond motifs is 1. The fourth-order valence-corrected chi connectivity index (χ4v) is 1.36. The van der Waals surface area contributed by atoms with Crippen molar-refractivity contribution in [2.45, 2.75) is 13.5 Å². The standard InChI is InChI=1S/C10H11N3O2/c1-7-3-9-12-8(6-15-2)4-10(14)13(9)11-5-7/h3-5H,6H2,1-2H3. The monoisotopic (exact) mass is 205 g/mol. The molecule has 2 aromatic rings. The Morgan fingerprint density at radius 1 is 1.47 bits per heavy atom. The van der Waals surface area contributed by atoms with Gasteiger partial charge >= 0.3 is 0 Å². The highest BCUT2D eigenvalue weighted by Gasteiger charge is 2.02. The number of nitrogens with zero attached hydrogens (tertiary/aromatic N) is 3. The summed E-state index contributed by atoms with van der Waals surface area (Å²) in [6.07, 6.45) is 1.63. The molecule has 0 saturated heterocycles. The molecule has 0 saturated carbocycles. The fraction of sp³-hybridized carbons (Fsp3) is 0.300. The lowest BCUT2D eigenvalue weighted by atomic mass is 10.3. The number of hydrogen-bond acceptors (Lipinski definition) is 4. The van der Waals surface area contributed by atoms with Crippen LogP contribution in [0.25, 0.3) is 5.65 Å². The minimum Gasteiger partial charge on any atom is -0.378 e. The van der Waals surface area contributed by atoms with Gasteiger partial charge in [0.1, 0.15) is 0 Å². The van der Waals surface area contributed by atoms with Gasteiger partial charge in [-0.15, -0.1) is 0 Å². The van der Waals surface area contributed by atoms with Gasteiger partial charge in [-0.05, 0) is 18.6 Å². The minimum atomic E-state index is -0.188. The van der Waals surface area contributed by atoms with E-state index in [1.807, 2.05) is 13.0 Å². The summed E-state index contributed by atoms with van der Waals surface area (Å²) in [6, 6.07) is 3.24. The zero-order valence-electron chi connectivity index (χ0n) is 8.60. The molecule has 15 heavy (non-hydrogen) atoms. The second kappa shape index (κ2) is 3.78. The molecule has 78 valence electrons. The van der Waals surface area contributed by atoms with Gasteiger partial charge in [-0.1, -0.05) is 0 Å². The smallest absolute Gasteiger partial charge is 0.274 e. The van der Waals surface area contributed by atoms with Gasteiger partial charge in [-0.2, -0.15) is 9.61 Å². The number of rotatable bonds is 2. The molecule has 0 spiro atoms. The van der Waals surface area contributed by atoms with Crippen LogP contribution in [0.5, 0.6) is 0 Å². The second-order valence-corrected chi connectivity index (χ2v) is 3.32. The van der Waals surface area contributed by atoms with Crippen LogP contribution in [0.4, 0.5) is 0 Å². The van der Waals surface area contributed by atoms with Crippen LogP contribution in [-0.4, -0.2) is 21.7 Å². The van der Waals surface area contributed by atoms with Crippen molar-refractivity contribution in [2.24, 2.45) is 0 Å². The molecular weight excluding hydrogens is 194 g/mol. The van der Waals surface area contributed by atoms with Gasteiger partial charge in [-0.3, -0.25) is 4.79 Å². The van der Waals surface area contributed by atoms with E-state index in [-0.39, 0.29) is 5.56 Å².